The summed E-state index contributed by atoms with van der Waals surface area (Å²) in [7, 11) is 0. The Morgan fingerprint density at radius 1 is 1.03 bits per heavy atom. The molecule has 1 aliphatic heterocycles. The monoisotopic (exact) mass is 415 g/mol. The van der Waals surface area contributed by atoms with Crippen molar-refractivity contribution in [2.24, 2.45) is 17.6 Å². The maximum Gasteiger partial charge on any atom is 0.145 e. The zero-order valence-electron chi connectivity index (χ0n) is 16.8. The summed E-state index contributed by atoms with van der Waals surface area (Å²) in [6.45, 7) is 2.58. The van der Waals surface area contributed by atoms with E-state index >= 15 is 0 Å². The number of hydrogen-bond donors (Lipinski definition) is 2. The molecule has 0 amide bonds. The van der Waals surface area contributed by atoms with Gasteiger partial charge >= 0.3 is 0 Å². The predicted octanol–water partition coefficient (Wildman–Crippen LogP) is 4.09. The fourth-order valence-corrected chi connectivity index (χ4v) is 4.46. The molecule has 4 rings (SSSR count). The van der Waals surface area contributed by atoms with Gasteiger partial charge in [-0.25, -0.2) is 4.98 Å². The second-order valence-electron chi connectivity index (χ2n) is 8.37. The normalized spacial score (nSPS) is 23.1. The van der Waals surface area contributed by atoms with Crippen LogP contribution in [0.25, 0.3) is 11.3 Å². The van der Waals surface area contributed by atoms with E-state index in [9.17, 15) is 0 Å². The standard InChI is InChI=1S/C22H30ClN5O/c23-20-12-26-18(9-15-1-3-17(24)4-2-15)10-19(20)21-13-25-14-22(28-21)27-11-16-5-7-29-8-6-16/h10,12-17H,1-9,11,24H2,(H,27,28). The number of anilines is 1. The van der Waals surface area contributed by atoms with Crippen molar-refractivity contribution in [2.75, 3.05) is 25.1 Å². The van der Waals surface area contributed by atoms with Crippen molar-refractivity contribution < 1.29 is 4.74 Å². The minimum atomic E-state index is 0.367. The van der Waals surface area contributed by atoms with Crippen molar-refractivity contribution in [3.8, 4) is 11.3 Å². The third kappa shape index (κ3) is 5.65. The van der Waals surface area contributed by atoms with Gasteiger partial charge < -0.3 is 15.8 Å². The molecule has 29 heavy (non-hydrogen) atoms. The second-order valence-corrected chi connectivity index (χ2v) is 8.77. The molecule has 0 spiro atoms. The van der Waals surface area contributed by atoms with Crippen molar-refractivity contribution in [1.29, 1.82) is 0 Å². The maximum atomic E-state index is 6.46. The smallest absolute Gasteiger partial charge is 0.145 e. The third-order valence-corrected chi connectivity index (χ3v) is 6.43. The summed E-state index contributed by atoms with van der Waals surface area (Å²) in [6.07, 6.45) is 13.0. The SMILES string of the molecule is NC1CCC(Cc2cc(-c3cncc(NCC4CCOCC4)n3)c(Cl)cn2)CC1. The quantitative estimate of drug-likeness (QED) is 0.738. The van der Waals surface area contributed by atoms with Crippen LogP contribution in [0, 0.1) is 11.8 Å². The first-order chi connectivity index (χ1) is 14.2. The first-order valence-corrected chi connectivity index (χ1v) is 11.1. The van der Waals surface area contributed by atoms with Crippen LogP contribution in [0.3, 0.4) is 0 Å². The maximum absolute atomic E-state index is 6.46. The summed E-state index contributed by atoms with van der Waals surface area (Å²) in [6, 6.07) is 2.44. The minimum Gasteiger partial charge on any atom is -0.381 e. The van der Waals surface area contributed by atoms with E-state index in [-0.39, 0.29) is 0 Å². The molecule has 2 aromatic rings. The Kier molecular flexibility index (Phi) is 6.95. The zero-order valence-corrected chi connectivity index (χ0v) is 17.6. The molecule has 0 bridgehead atoms. The lowest BCUT2D eigenvalue weighted by Crippen LogP contribution is -2.27. The highest BCUT2D eigenvalue weighted by Crippen LogP contribution is 2.30. The van der Waals surface area contributed by atoms with Crippen LogP contribution in [0.15, 0.2) is 24.7 Å². The summed E-state index contributed by atoms with van der Waals surface area (Å²) in [5.41, 5.74) is 8.77. The first-order valence-electron chi connectivity index (χ1n) is 10.7. The van der Waals surface area contributed by atoms with E-state index in [0.717, 1.165) is 74.6 Å². The molecule has 156 valence electrons. The van der Waals surface area contributed by atoms with Gasteiger partial charge in [-0.05, 0) is 62.8 Å². The highest BCUT2D eigenvalue weighted by Gasteiger charge is 2.20. The van der Waals surface area contributed by atoms with Gasteiger partial charge in [0.25, 0.3) is 0 Å². The van der Waals surface area contributed by atoms with Gasteiger partial charge in [-0.1, -0.05) is 11.6 Å². The number of hydrogen-bond acceptors (Lipinski definition) is 6. The van der Waals surface area contributed by atoms with Crippen LogP contribution in [0.2, 0.25) is 5.02 Å². The predicted molar refractivity (Wildman–Crippen MR) is 116 cm³/mol. The van der Waals surface area contributed by atoms with Crippen molar-refractivity contribution >= 4 is 17.4 Å². The molecule has 3 heterocycles. The molecule has 1 aliphatic carbocycles. The van der Waals surface area contributed by atoms with Gasteiger partial charge in [0.15, 0.2) is 0 Å². The van der Waals surface area contributed by atoms with Gasteiger partial charge in [0, 0.05) is 43.3 Å². The Balaban J connectivity index is 1.44. The average molecular weight is 416 g/mol. The summed E-state index contributed by atoms with van der Waals surface area (Å²) in [5, 5.41) is 4.04. The number of rotatable bonds is 6. The Bertz CT molecular complexity index is 804. The lowest BCUT2D eigenvalue weighted by Gasteiger charge is -2.25. The molecule has 7 heteroatoms. The van der Waals surface area contributed by atoms with E-state index in [1.807, 2.05) is 0 Å². The molecule has 1 saturated carbocycles. The molecule has 3 N–H and O–H groups in total. The average Bonchev–Trinajstić information content (AvgIpc) is 2.76. The molecule has 0 aromatic carbocycles. The largest absolute Gasteiger partial charge is 0.381 e. The molecule has 6 nitrogen and oxygen atoms in total. The van der Waals surface area contributed by atoms with Crippen LogP contribution in [0.1, 0.15) is 44.2 Å². The van der Waals surface area contributed by atoms with E-state index in [4.69, 9.17) is 27.1 Å². The molecular weight excluding hydrogens is 386 g/mol. The van der Waals surface area contributed by atoms with Gasteiger partial charge in [-0.3, -0.25) is 9.97 Å². The van der Waals surface area contributed by atoms with E-state index in [1.165, 1.54) is 12.8 Å². The molecule has 2 aromatic heterocycles. The van der Waals surface area contributed by atoms with Crippen LogP contribution >= 0.6 is 11.6 Å². The Hall–Kier alpha value is -1.76. The Labute approximate surface area is 177 Å². The van der Waals surface area contributed by atoms with Crippen molar-refractivity contribution in [2.45, 2.75) is 51.0 Å². The molecular formula is C22H30ClN5O. The highest BCUT2D eigenvalue weighted by molar-refractivity contribution is 6.33. The van der Waals surface area contributed by atoms with Gasteiger partial charge in [-0.15, -0.1) is 0 Å². The topological polar surface area (TPSA) is 86.0 Å². The molecule has 0 radical (unpaired) electrons. The fourth-order valence-electron chi connectivity index (χ4n) is 4.26. The molecule has 0 atom stereocenters. The van der Waals surface area contributed by atoms with E-state index in [2.05, 4.69) is 21.4 Å². The molecule has 2 fully saturated rings. The van der Waals surface area contributed by atoms with E-state index in [1.54, 1.807) is 18.6 Å². The number of nitrogens with one attached hydrogen (secondary N) is 1. The highest BCUT2D eigenvalue weighted by atomic mass is 35.5. The number of ether oxygens (including phenoxy) is 1. The molecule has 2 aliphatic rings. The Morgan fingerprint density at radius 3 is 2.62 bits per heavy atom. The molecule has 1 saturated heterocycles. The number of halogens is 1. The van der Waals surface area contributed by atoms with Crippen LogP contribution in [0.4, 0.5) is 5.82 Å². The summed E-state index contributed by atoms with van der Waals surface area (Å²) in [5.74, 6) is 2.05. The Morgan fingerprint density at radius 2 is 1.83 bits per heavy atom. The summed E-state index contributed by atoms with van der Waals surface area (Å²) in [4.78, 5) is 13.7. The van der Waals surface area contributed by atoms with E-state index < -0.39 is 0 Å². The minimum absolute atomic E-state index is 0.367. The first kappa shape index (κ1) is 20.5. The number of nitrogens with zero attached hydrogens (tertiary/aromatic N) is 3. The zero-order chi connectivity index (χ0) is 20.1. The summed E-state index contributed by atoms with van der Waals surface area (Å²) < 4.78 is 5.43. The summed E-state index contributed by atoms with van der Waals surface area (Å²) >= 11 is 6.46. The van der Waals surface area contributed by atoms with Crippen LogP contribution in [-0.2, 0) is 11.2 Å². The van der Waals surface area contributed by atoms with Crippen molar-refractivity contribution in [1.82, 2.24) is 15.0 Å². The lowest BCUT2D eigenvalue weighted by atomic mass is 9.83. The number of pyridine rings is 1. The lowest BCUT2D eigenvalue weighted by molar-refractivity contribution is 0.0699. The number of aromatic nitrogens is 3. The van der Waals surface area contributed by atoms with Gasteiger partial charge in [-0.2, -0.15) is 0 Å². The van der Waals surface area contributed by atoms with Gasteiger partial charge in [0.05, 0.1) is 23.1 Å². The van der Waals surface area contributed by atoms with Gasteiger partial charge in [0.2, 0.25) is 0 Å². The van der Waals surface area contributed by atoms with Crippen LogP contribution < -0.4 is 11.1 Å². The van der Waals surface area contributed by atoms with Crippen molar-refractivity contribution in [3.05, 3.63) is 35.4 Å². The van der Waals surface area contributed by atoms with Gasteiger partial charge in [0.1, 0.15) is 5.82 Å². The van der Waals surface area contributed by atoms with E-state index in [0.29, 0.717) is 22.9 Å². The molecule has 0 unspecified atom stereocenters. The third-order valence-electron chi connectivity index (χ3n) is 6.12. The number of nitrogens with two attached hydrogens (primary N) is 1. The van der Waals surface area contributed by atoms with Crippen LogP contribution in [0.5, 0.6) is 0 Å². The van der Waals surface area contributed by atoms with Crippen LogP contribution in [-0.4, -0.2) is 40.8 Å². The fraction of sp³-hybridized carbons (Fsp3) is 0.591. The second kappa shape index (κ2) is 9.83. The van der Waals surface area contributed by atoms with Crippen molar-refractivity contribution in [3.63, 3.8) is 0 Å².